The molecule has 0 fully saturated rings. The van der Waals surface area contributed by atoms with Crippen molar-refractivity contribution in [3.05, 3.63) is 75.8 Å². The number of nitriles is 1. The molecule has 0 N–H and O–H groups in total. The van der Waals surface area contributed by atoms with Crippen LogP contribution < -0.4 is 0 Å². The zero-order valence-electron chi connectivity index (χ0n) is 12.2. The molecule has 6 heteroatoms. The van der Waals surface area contributed by atoms with Gasteiger partial charge in [0.2, 0.25) is 0 Å². The molecule has 1 atom stereocenters. The SMILES string of the molecule is N#CC(C(=O)COCc1ccccc1)c1ccc([N+](=O)[O-])cc1. The van der Waals surface area contributed by atoms with Crippen LogP contribution in [0.25, 0.3) is 0 Å². The Morgan fingerprint density at radius 3 is 2.39 bits per heavy atom. The number of non-ortho nitro benzene ring substituents is 1. The Balaban J connectivity index is 1.96. The number of nitro groups is 1. The maximum absolute atomic E-state index is 12.1. The minimum Gasteiger partial charge on any atom is -0.369 e. The molecule has 0 saturated heterocycles. The standard InChI is InChI=1S/C17H14N2O4/c18-10-16(14-6-8-15(9-7-14)19(21)22)17(20)12-23-11-13-4-2-1-3-5-13/h1-9,16H,11-12H2. The van der Waals surface area contributed by atoms with Crippen molar-refractivity contribution in [2.24, 2.45) is 0 Å². The van der Waals surface area contributed by atoms with E-state index in [4.69, 9.17) is 4.74 Å². The Hall–Kier alpha value is -3.04. The lowest BCUT2D eigenvalue weighted by Crippen LogP contribution is -2.17. The zero-order chi connectivity index (χ0) is 16.7. The van der Waals surface area contributed by atoms with Gasteiger partial charge in [-0.1, -0.05) is 42.5 Å². The third-order valence-electron chi connectivity index (χ3n) is 3.24. The number of hydrogen-bond acceptors (Lipinski definition) is 5. The monoisotopic (exact) mass is 310 g/mol. The molecule has 0 radical (unpaired) electrons. The van der Waals surface area contributed by atoms with E-state index >= 15 is 0 Å². The van der Waals surface area contributed by atoms with Crippen LogP contribution in [0.4, 0.5) is 5.69 Å². The molecule has 0 aliphatic rings. The van der Waals surface area contributed by atoms with Crippen molar-refractivity contribution >= 4 is 11.5 Å². The lowest BCUT2D eigenvalue weighted by atomic mass is 9.96. The van der Waals surface area contributed by atoms with Crippen molar-refractivity contribution in [1.29, 1.82) is 5.26 Å². The highest BCUT2D eigenvalue weighted by Crippen LogP contribution is 2.20. The third-order valence-corrected chi connectivity index (χ3v) is 3.24. The van der Waals surface area contributed by atoms with Gasteiger partial charge in [-0.2, -0.15) is 5.26 Å². The fraction of sp³-hybridized carbons (Fsp3) is 0.176. The maximum atomic E-state index is 12.1. The molecule has 116 valence electrons. The summed E-state index contributed by atoms with van der Waals surface area (Å²) in [6.07, 6.45) is 0. The van der Waals surface area contributed by atoms with Crippen molar-refractivity contribution in [2.75, 3.05) is 6.61 Å². The van der Waals surface area contributed by atoms with Gasteiger partial charge < -0.3 is 4.74 Å². The fourth-order valence-corrected chi connectivity index (χ4v) is 2.05. The highest BCUT2D eigenvalue weighted by molar-refractivity contribution is 5.89. The first kappa shape index (κ1) is 16.3. The number of nitrogens with zero attached hydrogens (tertiary/aromatic N) is 2. The van der Waals surface area contributed by atoms with Crippen LogP contribution >= 0.6 is 0 Å². The number of hydrogen-bond donors (Lipinski definition) is 0. The smallest absolute Gasteiger partial charge is 0.269 e. The van der Waals surface area contributed by atoms with E-state index < -0.39 is 10.8 Å². The second-order valence-electron chi connectivity index (χ2n) is 4.86. The normalized spacial score (nSPS) is 11.4. The number of ketones is 1. The van der Waals surface area contributed by atoms with E-state index in [1.165, 1.54) is 24.3 Å². The summed E-state index contributed by atoms with van der Waals surface area (Å²) in [5, 5.41) is 19.8. The lowest BCUT2D eigenvalue weighted by molar-refractivity contribution is -0.384. The van der Waals surface area contributed by atoms with Gasteiger partial charge in [0.1, 0.15) is 12.5 Å². The first-order valence-electron chi connectivity index (χ1n) is 6.90. The molecule has 0 aromatic heterocycles. The molecule has 0 bridgehead atoms. The van der Waals surface area contributed by atoms with Gasteiger partial charge in [-0.3, -0.25) is 14.9 Å². The molecule has 0 aliphatic carbocycles. The summed E-state index contributed by atoms with van der Waals surface area (Å²) in [5.74, 6) is -1.37. The molecule has 2 rings (SSSR count). The van der Waals surface area contributed by atoms with Gasteiger partial charge in [0, 0.05) is 12.1 Å². The highest BCUT2D eigenvalue weighted by atomic mass is 16.6. The van der Waals surface area contributed by atoms with Crippen LogP contribution in [-0.2, 0) is 16.1 Å². The number of carbonyl (C=O) groups is 1. The molecule has 23 heavy (non-hydrogen) atoms. The van der Waals surface area contributed by atoms with Crippen LogP contribution in [-0.4, -0.2) is 17.3 Å². The van der Waals surface area contributed by atoms with E-state index in [0.717, 1.165) is 5.56 Å². The molecule has 2 aromatic rings. The maximum Gasteiger partial charge on any atom is 0.269 e. The Labute approximate surface area is 133 Å². The van der Waals surface area contributed by atoms with Gasteiger partial charge in [-0.05, 0) is 11.1 Å². The molecule has 0 heterocycles. The van der Waals surface area contributed by atoms with Crippen molar-refractivity contribution < 1.29 is 14.5 Å². The van der Waals surface area contributed by atoms with Crippen molar-refractivity contribution in [2.45, 2.75) is 12.5 Å². The van der Waals surface area contributed by atoms with Gasteiger partial charge >= 0.3 is 0 Å². The Kier molecular flexibility index (Phi) is 5.56. The summed E-state index contributed by atoms with van der Waals surface area (Å²) in [7, 11) is 0. The third kappa shape index (κ3) is 4.46. The van der Waals surface area contributed by atoms with E-state index in [1.807, 2.05) is 36.4 Å². The van der Waals surface area contributed by atoms with E-state index in [-0.39, 0.29) is 24.7 Å². The van der Waals surface area contributed by atoms with Crippen molar-refractivity contribution in [3.8, 4) is 6.07 Å². The lowest BCUT2D eigenvalue weighted by Gasteiger charge is -2.09. The largest absolute Gasteiger partial charge is 0.369 e. The van der Waals surface area contributed by atoms with Crippen LogP contribution in [0.2, 0.25) is 0 Å². The topological polar surface area (TPSA) is 93.2 Å². The van der Waals surface area contributed by atoms with Crippen LogP contribution in [0.1, 0.15) is 17.0 Å². The average molecular weight is 310 g/mol. The van der Waals surface area contributed by atoms with Gasteiger partial charge in [-0.15, -0.1) is 0 Å². The molecule has 2 aromatic carbocycles. The van der Waals surface area contributed by atoms with E-state index in [1.54, 1.807) is 0 Å². The summed E-state index contributed by atoms with van der Waals surface area (Å²) in [5.41, 5.74) is 1.27. The molecule has 0 amide bonds. The number of ether oxygens (including phenoxy) is 1. The molecule has 6 nitrogen and oxygen atoms in total. The number of carbonyl (C=O) groups excluding carboxylic acids is 1. The average Bonchev–Trinajstić information content (AvgIpc) is 2.57. The first-order valence-corrected chi connectivity index (χ1v) is 6.90. The summed E-state index contributed by atoms with van der Waals surface area (Å²) >= 11 is 0. The van der Waals surface area contributed by atoms with Crippen LogP contribution in [0, 0.1) is 21.4 Å². The van der Waals surface area contributed by atoms with E-state index in [9.17, 15) is 20.2 Å². The van der Waals surface area contributed by atoms with Crippen molar-refractivity contribution in [1.82, 2.24) is 0 Å². The number of Topliss-reactive ketones (excluding diaryl/α,β-unsaturated/α-hetero) is 1. The molecule has 0 spiro atoms. The predicted octanol–water partition coefficient (Wildman–Crippen LogP) is 2.99. The quantitative estimate of drug-likeness (QED) is 0.579. The predicted molar refractivity (Wildman–Crippen MR) is 82.6 cm³/mol. The Morgan fingerprint density at radius 2 is 1.83 bits per heavy atom. The Bertz CT molecular complexity index is 721. The number of rotatable bonds is 7. The minimum absolute atomic E-state index is 0.0850. The number of nitro benzene ring substituents is 1. The minimum atomic E-state index is -0.994. The molecular formula is C17H14N2O4. The summed E-state index contributed by atoms with van der Waals surface area (Å²) < 4.78 is 5.34. The van der Waals surface area contributed by atoms with Gasteiger partial charge in [0.05, 0.1) is 17.6 Å². The number of benzene rings is 2. The molecule has 1 unspecified atom stereocenters. The summed E-state index contributed by atoms with van der Waals surface area (Å²) in [4.78, 5) is 22.2. The summed E-state index contributed by atoms with van der Waals surface area (Å²) in [6, 6.07) is 16.7. The second-order valence-corrected chi connectivity index (χ2v) is 4.86. The van der Waals surface area contributed by atoms with Crippen LogP contribution in [0.3, 0.4) is 0 Å². The first-order chi connectivity index (χ1) is 11.1. The van der Waals surface area contributed by atoms with Gasteiger partial charge in [0.25, 0.3) is 5.69 Å². The van der Waals surface area contributed by atoms with Crippen LogP contribution in [0.5, 0.6) is 0 Å². The fourth-order valence-electron chi connectivity index (χ4n) is 2.05. The van der Waals surface area contributed by atoms with Gasteiger partial charge in [0.15, 0.2) is 5.78 Å². The summed E-state index contributed by atoms with van der Waals surface area (Å²) in [6.45, 7) is 0.0924. The van der Waals surface area contributed by atoms with Crippen LogP contribution in [0.15, 0.2) is 54.6 Å². The molecular weight excluding hydrogens is 296 g/mol. The highest BCUT2D eigenvalue weighted by Gasteiger charge is 2.21. The van der Waals surface area contributed by atoms with E-state index in [2.05, 4.69) is 0 Å². The van der Waals surface area contributed by atoms with Crippen molar-refractivity contribution in [3.63, 3.8) is 0 Å². The second kappa shape index (κ2) is 7.82. The van der Waals surface area contributed by atoms with E-state index in [0.29, 0.717) is 5.56 Å². The van der Waals surface area contributed by atoms with Gasteiger partial charge in [-0.25, -0.2) is 0 Å². The zero-order valence-corrected chi connectivity index (χ0v) is 12.2. The Morgan fingerprint density at radius 1 is 1.17 bits per heavy atom. The molecule has 0 saturated carbocycles. The molecule has 0 aliphatic heterocycles.